The lowest BCUT2D eigenvalue weighted by atomic mass is 10.0. The molecule has 1 aromatic rings. The quantitative estimate of drug-likeness (QED) is 0.817. The molecule has 0 fully saturated rings. The van der Waals surface area contributed by atoms with E-state index in [4.69, 9.17) is 5.73 Å². The van der Waals surface area contributed by atoms with Gasteiger partial charge in [0.2, 0.25) is 5.91 Å². The molecule has 7 heteroatoms. The molecule has 0 aliphatic rings. The Morgan fingerprint density at radius 1 is 1.39 bits per heavy atom. The molecule has 0 saturated carbocycles. The Morgan fingerprint density at radius 3 is 2.44 bits per heavy atom. The number of hydrogen-bond donors (Lipinski definition) is 2. The maximum atomic E-state index is 13.1. The van der Waals surface area contributed by atoms with Crippen LogP contribution in [-0.2, 0) is 11.0 Å². The largest absolute Gasteiger partial charge is 0.416 e. The number of halogens is 4. The van der Waals surface area contributed by atoms with E-state index in [1.54, 1.807) is 0 Å². The summed E-state index contributed by atoms with van der Waals surface area (Å²) in [7, 11) is 1.45. The second-order valence-electron chi connectivity index (χ2n) is 3.78. The van der Waals surface area contributed by atoms with E-state index in [2.05, 4.69) is 5.32 Å². The minimum Gasteiger partial charge on any atom is -0.370 e. The predicted molar refractivity (Wildman–Crippen MR) is 57.0 cm³/mol. The van der Waals surface area contributed by atoms with Crippen LogP contribution < -0.4 is 11.1 Å². The van der Waals surface area contributed by atoms with Crippen molar-refractivity contribution < 1.29 is 22.4 Å². The van der Waals surface area contributed by atoms with E-state index in [9.17, 15) is 22.4 Å². The van der Waals surface area contributed by atoms with Gasteiger partial charge in [0, 0.05) is 12.5 Å². The van der Waals surface area contributed by atoms with E-state index < -0.39 is 29.5 Å². The molecule has 1 atom stereocenters. The lowest BCUT2D eigenvalue weighted by Gasteiger charge is -2.17. The summed E-state index contributed by atoms with van der Waals surface area (Å²) in [6.07, 6.45) is -4.85. The van der Waals surface area contributed by atoms with Crippen LogP contribution in [0.15, 0.2) is 18.2 Å². The number of nitrogens with two attached hydrogens (primary N) is 1. The van der Waals surface area contributed by atoms with Crippen molar-refractivity contribution in [2.45, 2.75) is 18.6 Å². The van der Waals surface area contributed by atoms with Gasteiger partial charge in [-0.25, -0.2) is 4.39 Å². The Bertz CT molecular complexity index is 445. The maximum absolute atomic E-state index is 13.1. The lowest BCUT2D eigenvalue weighted by Crippen LogP contribution is -2.24. The molecule has 0 spiro atoms. The Labute approximate surface area is 101 Å². The summed E-state index contributed by atoms with van der Waals surface area (Å²) in [5, 5.41) is 2.62. The topological polar surface area (TPSA) is 55.1 Å². The van der Waals surface area contributed by atoms with Crippen molar-refractivity contribution in [3.8, 4) is 0 Å². The molecular weight excluding hydrogens is 252 g/mol. The van der Waals surface area contributed by atoms with Crippen LogP contribution in [0, 0.1) is 5.82 Å². The third-order valence-electron chi connectivity index (χ3n) is 2.40. The van der Waals surface area contributed by atoms with Crippen molar-refractivity contribution in [1.29, 1.82) is 0 Å². The van der Waals surface area contributed by atoms with Crippen LogP contribution in [0.5, 0.6) is 0 Å². The number of nitrogens with one attached hydrogen (secondary N) is 1. The molecule has 0 radical (unpaired) electrons. The Hall–Kier alpha value is -1.63. The summed E-state index contributed by atoms with van der Waals surface area (Å²) >= 11 is 0. The van der Waals surface area contributed by atoms with Crippen LogP contribution in [0.3, 0.4) is 0 Å². The SMILES string of the molecule is CNC(CC(N)=O)c1cc(F)cc(C(F)(F)F)c1. The van der Waals surface area contributed by atoms with Gasteiger partial charge < -0.3 is 11.1 Å². The zero-order chi connectivity index (χ0) is 13.9. The molecule has 0 aromatic heterocycles. The van der Waals surface area contributed by atoms with E-state index in [1.165, 1.54) is 7.05 Å². The number of alkyl halides is 3. The zero-order valence-corrected chi connectivity index (χ0v) is 9.51. The number of benzene rings is 1. The summed E-state index contributed by atoms with van der Waals surface area (Å²) < 4.78 is 50.6. The van der Waals surface area contributed by atoms with E-state index >= 15 is 0 Å². The van der Waals surface area contributed by atoms with Crippen LogP contribution in [0.1, 0.15) is 23.6 Å². The summed E-state index contributed by atoms with van der Waals surface area (Å²) in [5.41, 5.74) is 3.91. The van der Waals surface area contributed by atoms with Crippen LogP contribution in [0.4, 0.5) is 17.6 Å². The van der Waals surface area contributed by atoms with Crippen molar-refractivity contribution in [1.82, 2.24) is 5.32 Å². The number of amides is 1. The van der Waals surface area contributed by atoms with Gasteiger partial charge in [0.25, 0.3) is 0 Å². The fourth-order valence-corrected chi connectivity index (χ4v) is 1.56. The highest BCUT2D eigenvalue weighted by Gasteiger charge is 2.32. The molecule has 0 aliphatic carbocycles. The van der Waals surface area contributed by atoms with Gasteiger partial charge in [0.15, 0.2) is 0 Å². The second-order valence-corrected chi connectivity index (χ2v) is 3.78. The number of rotatable bonds is 4. The maximum Gasteiger partial charge on any atom is 0.416 e. The molecule has 1 aromatic carbocycles. The first-order valence-electron chi connectivity index (χ1n) is 5.07. The molecule has 100 valence electrons. The van der Waals surface area contributed by atoms with Crippen LogP contribution in [0.2, 0.25) is 0 Å². The molecule has 0 heterocycles. The molecule has 0 aliphatic heterocycles. The third-order valence-corrected chi connectivity index (χ3v) is 2.40. The zero-order valence-electron chi connectivity index (χ0n) is 9.51. The molecule has 3 nitrogen and oxygen atoms in total. The lowest BCUT2D eigenvalue weighted by molar-refractivity contribution is -0.137. The fraction of sp³-hybridized carbons (Fsp3) is 0.364. The van der Waals surface area contributed by atoms with Gasteiger partial charge in [-0.2, -0.15) is 13.2 Å². The molecule has 18 heavy (non-hydrogen) atoms. The third kappa shape index (κ3) is 3.69. The number of primary amides is 1. The molecule has 1 rings (SSSR count). The van der Waals surface area contributed by atoms with Gasteiger partial charge >= 0.3 is 6.18 Å². The van der Waals surface area contributed by atoms with E-state index in [1.807, 2.05) is 0 Å². The second kappa shape index (κ2) is 5.34. The predicted octanol–water partition coefficient (Wildman–Crippen LogP) is 1.98. The van der Waals surface area contributed by atoms with Crippen molar-refractivity contribution in [3.63, 3.8) is 0 Å². The standard InChI is InChI=1S/C11H12F4N2O/c1-17-9(5-10(16)18)6-2-7(11(13,14)15)4-8(12)3-6/h2-4,9,17H,5H2,1H3,(H2,16,18). The Morgan fingerprint density at radius 2 is 2.00 bits per heavy atom. The molecule has 1 unspecified atom stereocenters. The van der Waals surface area contributed by atoms with Crippen molar-refractivity contribution >= 4 is 5.91 Å². The van der Waals surface area contributed by atoms with Crippen molar-refractivity contribution in [2.75, 3.05) is 7.05 Å². The van der Waals surface area contributed by atoms with Gasteiger partial charge in [-0.3, -0.25) is 4.79 Å². The summed E-state index contributed by atoms with van der Waals surface area (Å²) in [6.45, 7) is 0. The van der Waals surface area contributed by atoms with Gasteiger partial charge in [-0.05, 0) is 30.8 Å². The average molecular weight is 264 g/mol. The fourth-order valence-electron chi connectivity index (χ4n) is 1.56. The first-order valence-corrected chi connectivity index (χ1v) is 5.07. The highest BCUT2D eigenvalue weighted by Crippen LogP contribution is 2.32. The Kier molecular flexibility index (Phi) is 4.28. The van der Waals surface area contributed by atoms with Crippen molar-refractivity contribution in [3.05, 3.63) is 35.1 Å². The monoisotopic (exact) mass is 264 g/mol. The van der Waals surface area contributed by atoms with Crippen LogP contribution in [-0.4, -0.2) is 13.0 Å². The van der Waals surface area contributed by atoms with Gasteiger partial charge in [-0.1, -0.05) is 0 Å². The first-order chi connectivity index (χ1) is 8.24. The smallest absolute Gasteiger partial charge is 0.370 e. The summed E-state index contributed by atoms with van der Waals surface area (Å²) in [4.78, 5) is 10.8. The highest BCUT2D eigenvalue weighted by molar-refractivity contribution is 5.74. The van der Waals surface area contributed by atoms with Crippen molar-refractivity contribution in [2.24, 2.45) is 5.73 Å². The molecule has 1 amide bonds. The molecule has 3 N–H and O–H groups in total. The van der Waals surface area contributed by atoms with Crippen LogP contribution in [0.25, 0.3) is 0 Å². The van der Waals surface area contributed by atoms with E-state index in [-0.39, 0.29) is 12.0 Å². The van der Waals surface area contributed by atoms with Gasteiger partial charge in [0.1, 0.15) is 5.82 Å². The molecular formula is C11H12F4N2O. The summed E-state index contributed by atoms with van der Waals surface area (Å²) in [5.74, 6) is -1.70. The number of hydrogen-bond acceptors (Lipinski definition) is 2. The summed E-state index contributed by atoms with van der Waals surface area (Å²) in [6, 6.07) is 1.40. The minimum atomic E-state index is -4.64. The highest BCUT2D eigenvalue weighted by atomic mass is 19.4. The normalized spacial score (nSPS) is 13.4. The van der Waals surface area contributed by atoms with E-state index in [0.29, 0.717) is 6.07 Å². The molecule has 0 bridgehead atoms. The van der Waals surface area contributed by atoms with Gasteiger partial charge in [-0.15, -0.1) is 0 Å². The molecule has 0 saturated heterocycles. The first kappa shape index (κ1) is 14.4. The average Bonchev–Trinajstić information content (AvgIpc) is 2.23. The number of carbonyl (C=O) groups is 1. The van der Waals surface area contributed by atoms with Gasteiger partial charge in [0.05, 0.1) is 5.56 Å². The van der Waals surface area contributed by atoms with E-state index in [0.717, 1.165) is 12.1 Å². The Balaban J connectivity index is 3.15. The van der Waals surface area contributed by atoms with Crippen LogP contribution >= 0.6 is 0 Å². The number of carbonyl (C=O) groups excluding carboxylic acids is 1. The minimum absolute atomic E-state index is 0.0311.